The van der Waals surface area contributed by atoms with Gasteiger partial charge in [-0.3, -0.25) is 4.79 Å². The number of ketones is 1. The number of fused-ring (bicyclic) bond motifs is 1. The van der Waals surface area contributed by atoms with E-state index in [-0.39, 0.29) is 5.78 Å². The summed E-state index contributed by atoms with van der Waals surface area (Å²) < 4.78 is 1.69. The summed E-state index contributed by atoms with van der Waals surface area (Å²) in [6.07, 6.45) is 4.95. The second-order valence-electron chi connectivity index (χ2n) is 3.07. The number of carbonyl (C=O) groups excluding carboxylic acids is 1. The molecule has 0 aliphatic rings. The highest BCUT2D eigenvalue weighted by atomic mass is 16.1. The van der Waals surface area contributed by atoms with Gasteiger partial charge in [-0.1, -0.05) is 18.2 Å². The number of rotatable bonds is 2. The van der Waals surface area contributed by atoms with Crippen LogP contribution in [-0.2, 0) is 4.79 Å². The SMILES string of the molecule is CC(=O)C=Cn1ncc2ccccc21. The van der Waals surface area contributed by atoms with Gasteiger partial charge in [-0.05, 0) is 19.1 Å². The van der Waals surface area contributed by atoms with E-state index in [0.717, 1.165) is 10.9 Å². The Balaban J connectivity index is 2.48. The van der Waals surface area contributed by atoms with Crippen LogP contribution >= 0.6 is 0 Å². The molecule has 0 atom stereocenters. The van der Waals surface area contributed by atoms with Crippen LogP contribution in [0.3, 0.4) is 0 Å². The van der Waals surface area contributed by atoms with Crippen molar-refractivity contribution in [2.75, 3.05) is 0 Å². The first-order chi connectivity index (χ1) is 6.77. The van der Waals surface area contributed by atoms with E-state index in [1.165, 1.54) is 13.0 Å². The second-order valence-corrected chi connectivity index (χ2v) is 3.07. The van der Waals surface area contributed by atoms with Crippen LogP contribution in [0.5, 0.6) is 0 Å². The third-order valence-electron chi connectivity index (χ3n) is 1.96. The Labute approximate surface area is 81.7 Å². The molecule has 0 radical (unpaired) electrons. The fourth-order valence-corrected chi connectivity index (χ4v) is 1.29. The maximum absolute atomic E-state index is 10.7. The van der Waals surface area contributed by atoms with Gasteiger partial charge in [0.05, 0.1) is 11.7 Å². The molecular weight excluding hydrogens is 176 g/mol. The first-order valence-electron chi connectivity index (χ1n) is 4.38. The van der Waals surface area contributed by atoms with Crippen molar-refractivity contribution in [3.05, 3.63) is 36.5 Å². The average Bonchev–Trinajstić information content (AvgIpc) is 2.58. The zero-order valence-corrected chi connectivity index (χ0v) is 7.84. The molecule has 70 valence electrons. The molecule has 0 fully saturated rings. The van der Waals surface area contributed by atoms with E-state index in [2.05, 4.69) is 5.10 Å². The molecule has 0 saturated carbocycles. The minimum Gasteiger partial charge on any atom is -0.295 e. The van der Waals surface area contributed by atoms with Crippen molar-refractivity contribution in [3.8, 4) is 0 Å². The standard InChI is InChI=1S/C11H10N2O/c1-9(14)6-7-13-11-5-3-2-4-10(11)8-12-13/h2-8H,1H3. The van der Waals surface area contributed by atoms with E-state index in [9.17, 15) is 4.79 Å². The number of carbonyl (C=O) groups is 1. The van der Waals surface area contributed by atoms with Gasteiger partial charge < -0.3 is 0 Å². The third-order valence-corrected chi connectivity index (χ3v) is 1.96. The first kappa shape index (κ1) is 8.69. The Morgan fingerprint density at radius 2 is 2.21 bits per heavy atom. The van der Waals surface area contributed by atoms with Gasteiger partial charge in [0, 0.05) is 11.6 Å². The second kappa shape index (κ2) is 3.46. The summed E-state index contributed by atoms with van der Waals surface area (Å²) in [5, 5.41) is 5.22. The Kier molecular flexibility index (Phi) is 2.14. The van der Waals surface area contributed by atoms with Crippen LogP contribution in [-0.4, -0.2) is 15.6 Å². The van der Waals surface area contributed by atoms with E-state index >= 15 is 0 Å². The molecule has 0 bridgehead atoms. The lowest BCUT2D eigenvalue weighted by Gasteiger charge is -1.93. The monoisotopic (exact) mass is 186 g/mol. The van der Waals surface area contributed by atoms with E-state index < -0.39 is 0 Å². The zero-order valence-electron chi connectivity index (χ0n) is 7.84. The predicted octanol–water partition coefficient (Wildman–Crippen LogP) is 2.10. The average molecular weight is 186 g/mol. The number of hydrogen-bond donors (Lipinski definition) is 0. The van der Waals surface area contributed by atoms with Gasteiger partial charge in [-0.25, -0.2) is 4.68 Å². The van der Waals surface area contributed by atoms with Crippen LogP contribution in [0, 0.1) is 0 Å². The van der Waals surface area contributed by atoms with E-state index in [1.54, 1.807) is 17.1 Å². The van der Waals surface area contributed by atoms with Crippen molar-refractivity contribution < 1.29 is 4.79 Å². The Morgan fingerprint density at radius 1 is 1.43 bits per heavy atom. The lowest BCUT2D eigenvalue weighted by Crippen LogP contribution is -1.90. The minimum atomic E-state index is 0.0181. The largest absolute Gasteiger partial charge is 0.295 e. The smallest absolute Gasteiger partial charge is 0.154 e. The summed E-state index contributed by atoms with van der Waals surface area (Å²) >= 11 is 0. The highest BCUT2D eigenvalue weighted by molar-refractivity contribution is 5.90. The van der Waals surface area contributed by atoms with Crippen LogP contribution in [0.4, 0.5) is 0 Å². The number of para-hydroxylation sites is 1. The van der Waals surface area contributed by atoms with Crippen molar-refractivity contribution in [2.45, 2.75) is 6.92 Å². The lowest BCUT2D eigenvalue weighted by molar-refractivity contribution is -0.112. The molecule has 0 saturated heterocycles. The van der Waals surface area contributed by atoms with Crippen molar-refractivity contribution in [2.24, 2.45) is 0 Å². The van der Waals surface area contributed by atoms with E-state index in [4.69, 9.17) is 0 Å². The highest BCUT2D eigenvalue weighted by Crippen LogP contribution is 2.12. The molecule has 0 spiro atoms. The predicted molar refractivity (Wildman–Crippen MR) is 55.7 cm³/mol. The maximum Gasteiger partial charge on any atom is 0.154 e. The molecule has 1 aromatic heterocycles. The summed E-state index contributed by atoms with van der Waals surface area (Å²) in [6, 6.07) is 7.86. The zero-order chi connectivity index (χ0) is 9.97. The van der Waals surface area contributed by atoms with Crippen LogP contribution in [0.2, 0.25) is 0 Å². The van der Waals surface area contributed by atoms with E-state index in [0.29, 0.717) is 0 Å². The lowest BCUT2D eigenvalue weighted by atomic mass is 10.3. The van der Waals surface area contributed by atoms with Gasteiger partial charge in [0.15, 0.2) is 5.78 Å². The normalized spacial score (nSPS) is 11.2. The van der Waals surface area contributed by atoms with Crippen LogP contribution < -0.4 is 0 Å². The molecule has 0 unspecified atom stereocenters. The van der Waals surface area contributed by atoms with Crippen molar-refractivity contribution in [3.63, 3.8) is 0 Å². The van der Waals surface area contributed by atoms with E-state index in [1.807, 2.05) is 24.3 Å². The van der Waals surface area contributed by atoms with Gasteiger partial charge >= 0.3 is 0 Å². The fourth-order valence-electron chi connectivity index (χ4n) is 1.29. The number of benzene rings is 1. The minimum absolute atomic E-state index is 0.0181. The molecule has 2 aromatic rings. The fraction of sp³-hybridized carbons (Fsp3) is 0.0909. The summed E-state index contributed by atoms with van der Waals surface area (Å²) in [6.45, 7) is 1.52. The topological polar surface area (TPSA) is 34.9 Å². The van der Waals surface area contributed by atoms with Gasteiger partial charge in [0.25, 0.3) is 0 Å². The molecule has 1 heterocycles. The molecule has 3 heteroatoms. The van der Waals surface area contributed by atoms with Gasteiger partial charge in [0.2, 0.25) is 0 Å². The van der Waals surface area contributed by atoms with Gasteiger partial charge in [-0.15, -0.1) is 0 Å². The Morgan fingerprint density at radius 3 is 3.00 bits per heavy atom. The molecule has 14 heavy (non-hydrogen) atoms. The van der Waals surface area contributed by atoms with Crippen LogP contribution in [0.25, 0.3) is 17.1 Å². The number of allylic oxidation sites excluding steroid dienone is 1. The van der Waals surface area contributed by atoms with Gasteiger partial charge in [-0.2, -0.15) is 5.10 Å². The highest BCUT2D eigenvalue weighted by Gasteiger charge is 1.97. The molecule has 3 nitrogen and oxygen atoms in total. The summed E-state index contributed by atoms with van der Waals surface area (Å²) in [5.74, 6) is 0.0181. The van der Waals surface area contributed by atoms with Crippen molar-refractivity contribution in [1.82, 2.24) is 9.78 Å². The summed E-state index contributed by atoms with van der Waals surface area (Å²) in [5.41, 5.74) is 1.00. The summed E-state index contributed by atoms with van der Waals surface area (Å²) in [4.78, 5) is 10.7. The molecule has 0 aliphatic heterocycles. The molecule has 2 rings (SSSR count). The van der Waals surface area contributed by atoms with Gasteiger partial charge in [0.1, 0.15) is 0 Å². The Bertz CT molecular complexity index is 497. The molecule has 0 aliphatic carbocycles. The summed E-state index contributed by atoms with van der Waals surface area (Å²) in [7, 11) is 0. The number of nitrogens with zero attached hydrogens (tertiary/aromatic N) is 2. The van der Waals surface area contributed by atoms with Crippen molar-refractivity contribution in [1.29, 1.82) is 0 Å². The van der Waals surface area contributed by atoms with Crippen molar-refractivity contribution >= 4 is 22.9 Å². The number of hydrogen-bond acceptors (Lipinski definition) is 2. The Hall–Kier alpha value is -1.90. The van der Waals surface area contributed by atoms with Crippen LogP contribution in [0.1, 0.15) is 6.92 Å². The molecular formula is C11H10N2O. The first-order valence-corrected chi connectivity index (χ1v) is 4.38. The number of aromatic nitrogens is 2. The molecule has 1 aromatic carbocycles. The molecule has 0 N–H and O–H groups in total. The molecule has 0 amide bonds. The maximum atomic E-state index is 10.7. The van der Waals surface area contributed by atoms with Crippen LogP contribution in [0.15, 0.2) is 36.5 Å². The quantitative estimate of drug-likeness (QED) is 0.673. The third kappa shape index (κ3) is 1.57.